The minimum absolute atomic E-state index is 0.260. The molecule has 3 heterocycles. The molecule has 0 aliphatic rings. The van der Waals surface area contributed by atoms with Crippen molar-refractivity contribution in [2.24, 2.45) is 5.10 Å². The first-order chi connectivity index (χ1) is 16.7. The van der Waals surface area contributed by atoms with Gasteiger partial charge >= 0.3 is 0 Å². The van der Waals surface area contributed by atoms with Gasteiger partial charge in [-0.25, -0.2) is 4.98 Å². The monoisotopic (exact) mass is 447 g/mol. The van der Waals surface area contributed by atoms with Crippen molar-refractivity contribution in [2.45, 2.75) is 6.54 Å². The molecule has 0 bridgehead atoms. The third-order valence-corrected chi connectivity index (χ3v) is 6.03. The van der Waals surface area contributed by atoms with Crippen LogP contribution in [0, 0.1) is 0 Å². The van der Waals surface area contributed by atoms with Gasteiger partial charge in [0.25, 0.3) is 5.56 Å². The number of methoxy groups -OCH3 is 1. The van der Waals surface area contributed by atoms with Gasteiger partial charge in [-0.1, -0.05) is 48.5 Å². The number of ether oxygens (including phenoxy) is 1. The number of hydrogen-bond acceptors (Lipinski definition) is 4. The first kappa shape index (κ1) is 20.0. The van der Waals surface area contributed by atoms with Gasteiger partial charge in [0.05, 0.1) is 13.3 Å². The highest BCUT2D eigenvalue weighted by atomic mass is 16.5. The Hall–Kier alpha value is -4.65. The van der Waals surface area contributed by atoms with Crippen LogP contribution in [0.15, 0.2) is 95.2 Å². The lowest BCUT2D eigenvalue weighted by molar-refractivity contribution is 0.415. The average Bonchev–Trinajstić information content (AvgIpc) is 3.43. The van der Waals surface area contributed by atoms with Crippen molar-refractivity contribution in [1.29, 1.82) is 0 Å². The van der Waals surface area contributed by atoms with E-state index in [1.165, 1.54) is 16.6 Å². The van der Waals surface area contributed by atoms with E-state index < -0.39 is 0 Å². The Balaban J connectivity index is 1.41. The molecule has 0 saturated heterocycles. The van der Waals surface area contributed by atoms with Gasteiger partial charge in [0.2, 0.25) is 0 Å². The molecule has 1 N–H and O–H groups in total. The molecule has 0 aliphatic carbocycles. The minimum atomic E-state index is -0.260. The molecule has 0 radical (unpaired) electrons. The van der Waals surface area contributed by atoms with Crippen LogP contribution < -0.4 is 10.3 Å². The molecule has 0 amide bonds. The second-order valence-electron chi connectivity index (χ2n) is 8.11. The largest absolute Gasteiger partial charge is 0.497 e. The average molecular weight is 447 g/mol. The van der Waals surface area contributed by atoms with E-state index in [0.29, 0.717) is 16.8 Å². The zero-order chi connectivity index (χ0) is 23.1. The van der Waals surface area contributed by atoms with E-state index in [1.807, 2.05) is 48.5 Å². The summed E-state index contributed by atoms with van der Waals surface area (Å²) in [4.78, 5) is 20.8. The van der Waals surface area contributed by atoms with Crippen molar-refractivity contribution in [2.75, 3.05) is 7.11 Å². The number of aromatic nitrogens is 4. The van der Waals surface area contributed by atoms with E-state index in [4.69, 9.17) is 4.74 Å². The van der Waals surface area contributed by atoms with E-state index in [9.17, 15) is 4.79 Å². The van der Waals surface area contributed by atoms with Gasteiger partial charge in [-0.15, -0.1) is 0 Å². The molecule has 0 atom stereocenters. The lowest BCUT2D eigenvalue weighted by Gasteiger charge is -2.05. The number of benzene rings is 3. The van der Waals surface area contributed by atoms with Crippen LogP contribution in [-0.4, -0.2) is 32.5 Å². The topological polar surface area (TPSA) is 77.2 Å². The summed E-state index contributed by atoms with van der Waals surface area (Å²) in [5, 5.41) is 6.37. The van der Waals surface area contributed by atoms with E-state index in [2.05, 4.69) is 50.1 Å². The molecule has 6 aromatic rings. The highest BCUT2D eigenvalue weighted by Gasteiger charge is 2.12. The van der Waals surface area contributed by atoms with E-state index in [-0.39, 0.29) is 5.56 Å². The molecule has 7 nitrogen and oxygen atoms in total. The number of nitrogens with one attached hydrogen (secondary N) is 1. The molecule has 3 aromatic heterocycles. The zero-order valence-corrected chi connectivity index (χ0v) is 18.5. The lowest BCUT2D eigenvalue weighted by Crippen LogP contribution is -2.17. The number of hydrogen-bond donors (Lipinski definition) is 1. The summed E-state index contributed by atoms with van der Waals surface area (Å²) in [6, 6.07) is 24.1. The van der Waals surface area contributed by atoms with Crippen LogP contribution in [0.5, 0.6) is 5.75 Å². The molecular formula is C27H21N5O2. The fourth-order valence-corrected chi connectivity index (χ4v) is 4.35. The van der Waals surface area contributed by atoms with E-state index in [1.54, 1.807) is 13.3 Å². The summed E-state index contributed by atoms with van der Waals surface area (Å²) in [7, 11) is 1.61. The summed E-state index contributed by atoms with van der Waals surface area (Å²) < 4.78 is 8.76. The highest BCUT2D eigenvalue weighted by Crippen LogP contribution is 2.26. The van der Waals surface area contributed by atoms with E-state index in [0.717, 1.165) is 33.9 Å². The predicted octanol–water partition coefficient (Wildman–Crippen LogP) is 4.77. The standard InChI is InChI=1S/C27H21N5O2/c1-34-20-11-12-23-22(13-20)25-26(30-23)27(33)32(17-28-25)29-14-19-16-31(15-18-7-3-2-4-8-18)24-10-6-5-9-21(19)24/h2-14,16-17,30H,15H2,1H3. The molecule has 0 fully saturated rings. The van der Waals surface area contributed by atoms with Crippen molar-refractivity contribution in [3.63, 3.8) is 0 Å². The van der Waals surface area contributed by atoms with Crippen molar-refractivity contribution in [3.05, 3.63) is 107 Å². The number of H-pyrrole nitrogens is 1. The van der Waals surface area contributed by atoms with Crippen LogP contribution in [0.4, 0.5) is 0 Å². The van der Waals surface area contributed by atoms with E-state index >= 15 is 0 Å². The molecule has 0 unspecified atom stereocenters. The summed E-state index contributed by atoms with van der Waals surface area (Å²) in [6.07, 6.45) is 5.23. The summed E-state index contributed by atoms with van der Waals surface area (Å²) >= 11 is 0. The number of para-hydroxylation sites is 1. The van der Waals surface area contributed by atoms with Gasteiger partial charge < -0.3 is 14.3 Å². The Morgan fingerprint density at radius 1 is 1.03 bits per heavy atom. The second kappa shape index (κ2) is 8.04. The summed E-state index contributed by atoms with van der Waals surface area (Å²) in [6.45, 7) is 0.751. The Bertz CT molecular complexity index is 1740. The molecular weight excluding hydrogens is 426 g/mol. The zero-order valence-electron chi connectivity index (χ0n) is 18.5. The van der Waals surface area contributed by atoms with Crippen LogP contribution in [0.2, 0.25) is 0 Å². The minimum Gasteiger partial charge on any atom is -0.497 e. The molecule has 0 aliphatic heterocycles. The molecule has 166 valence electrons. The normalized spacial score (nSPS) is 11.8. The van der Waals surface area contributed by atoms with Crippen molar-refractivity contribution < 1.29 is 4.74 Å². The predicted molar refractivity (Wildman–Crippen MR) is 135 cm³/mol. The Kier molecular flexibility index (Phi) is 4.73. The molecule has 3 aromatic carbocycles. The Morgan fingerprint density at radius 3 is 2.71 bits per heavy atom. The lowest BCUT2D eigenvalue weighted by atomic mass is 10.2. The maximum Gasteiger partial charge on any atom is 0.298 e. The quantitative estimate of drug-likeness (QED) is 0.387. The molecule has 34 heavy (non-hydrogen) atoms. The number of aromatic amines is 1. The van der Waals surface area contributed by atoms with Gasteiger partial charge in [-0.3, -0.25) is 4.79 Å². The third-order valence-electron chi connectivity index (χ3n) is 6.03. The van der Waals surface area contributed by atoms with Crippen molar-refractivity contribution >= 4 is 39.1 Å². The molecule has 6 rings (SSSR count). The fraction of sp³-hybridized carbons (Fsp3) is 0.0741. The second-order valence-corrected chi connectivity index (χ2v) is 8.11. The van der Waals surface area contributed by atoms with Gasteiger partial charge in [0.15, 0.2) is 0 Å². The van der Waals surface area contributed by atoms with Gasteiger partial charge in [0.1, 0.15) is 23.1 Å². The van der Waals surface area contributed by atoms with Crippen LogP contribution in [0.25, 0.3) is 32.8 Å². The van der Waals surface area contributed by atoms with Crippen LogP contribution in [0.1, 0.15) is 11.1 Å². The smallest absolute Gasteiger partial charge is 0.298 e. The fourth-order valence-electron chi connectivity index (χ4n) is 4.35. The van der Waals surface area contributed by atoms with Crippen LogP contribution in [0.3, 0.4) is 0 Å². The first-order valence-electron chi connectivity index (χ1n) is 10.9. The van der Waals surface area contributed by atoms with Gasteiger partial charge in [-0.2, -0.15) is 9.78 Å². The van der Waals surface area contributed by atoms with Crippen LogP contribution in [-0.2, 0) is 6.54 Å². The molecule has 0 spiro atoms. The number of rotatable bonds is 5. The summed E-state index contributed by atoms with van der Waals surface area (Å²) in [5.74, 6) is 0.712. The first-order valence-corrected chi connectivity index (χ1v) is 10.9. The Labute approximate surface area is 194 Å². The summed E-state index contributed by atoms with van der Waals surface area (Å²) in [5.41, 5.74) is 4.83. The number of nitrogens with zero attached hydrogens (tertiary/aromatic N) is 4. The van der Waals surface area contributed by atoms with Crippen molar-refractivity contribution in [1.82, 2.24) is 19.2 Å². The van der Waals surface area contributed by atoms with Gasteiger partial charge in [-0.05, 0) is 29.8 Å². The maximum atomic E-state index is 13.1. The highest BCUT2D eigenvalue weighted by molar-refractivity contribution is 6.05. The molecule has 0 saturated carbocycles. The van der Waals surface area contributed by atoms with Crippen molar-refractivity contribution in [3.8, 4) is 5.75 Å². The van der Waals surface area contributed by atoms with Crippen LogP contribution >= 0.6 is 0 Å². The van der Waals surface area contributed by atoms with Gasteiger partial charge in [0, 0.05) is 40.1 Å². The SMILES string of the molecule is COc1ccc2[nH]c3c(=O)n(N=Cc4cn(Cc5ccccc5)c5ccccc45)cnc3c2c1. The molecule has 7 heteroatoms. The third kappa shape index (κ3) is 3.34. The Morgan fingerprint density at radius 2 is 1.85 bits per heavy atom. The maximum absolute atomic E-state index is 13.1. The number of fused-ring (bicyclic) bond motifs is 4.